The van der Waals surface area contributed by atoms with Crippen LogP contribution >= 0.6 is 0 Å². The van der Waals surface area contributed by atoms with Crippen molar-refractivity contribution in [3.05, 3.63) is 60.2 Å². The number of carbonyl (C=O) groups excluding carboxylic acids is 1. The molecule has 0 unspecified atom stereocenters. The van der Waals surface area contributed by atoms with E-state index >= 15 is 0 Å². The highest BCUT2D eigenvalue weighted by Gasteiger charge is 2.25. The summed E-state index contributed by atoms with van der Waals surface area (Å²) in [7, 11) is 3.26. The SMILES string of the molecule is COCCn1cc(C(=O)NC2=Nc3c(-c4ccnc5[nH]ccc45)ccc(OC)c3C2)cn1. The third-order valence-corrected chi connectivity index (χ3v) is 5.48. The van der Waals surface area contributed by atoms with Crippen molar-refractivity contribution in [3.8, 4) is 16.9 Å². The van der Waals surface area contributed by atoms with Gasteiger partial charge < -0.3 is 19.8 Å². The molecule has 1 aliphatic heterocycles. The van der Waals surface area contributed by atoms with Crippen LogP contribution in [0.3, 0.4) is 0 Å². The number of amides is 1. The Balaban J connectivity index is 1.46. The van der Waals surface area contributed by atoms with Crippen LogP contribution in [0.1, 0.15) is 15.9 Å². The van der Waals surface area contributed by atoms with Gasteiger partial charge in [-0.15, -0.1) is 0 Å². The number of H-pyrrole nitrogens is 1. The highest BCUT2D eigenvalue weighted by molar-refractivity contribution is 6.10. The second-order valence-corrected chi connectivity index (χ2v) is 7.42. The molecule has 0 saturated heterocycles. The van der Waals surface area contributed by atoms with E-state index < -0.39 is 0 Å². The quantitative estimate of drug-likeness (QED) is 0.489. The molecule has 3 aromatic heterocycles. The lowest BCUT2D eigenvalue weighted by atomic mass is 9.98. The molecule has 162 valence electrons. The van der Waals surface area contributed by atoms with Crippen molar-refractivity contribution < 1.29 is 14.3 Å². The number of ether oxygens (including phenoxy) is 2. The summed E-state index contributed by atoms with van der Waals surface area (Å²) >= 11 is 0. The predicted molar refractivity (Wildman–Crippen MR) is 120 cm³/mol. The number of aliphatic imine (C=N–C) groups is 1. The summed E-state index contributed by atoms with van der Waals surface area (Å²) in [6.07, 6.45) is 7.35. The fourth-order valence-corrected chi connectivity index (χ4v) is 3.93. The van der Waals surface area contributed by atoms with Crippen LogP contribution in [-0.2, 0) is 17.7 Å². The molecule has 0 radical (unpaired) electrons. The van der Waals surface area contributed by atoms with Crippen LogP contribution in [-0.4, -0.2) is 52.3 Å². The normalized spacial score (nSPS) is 12.6. The van der Waals surface area contributed by atoms with Crippen molar-refractivity contribution in [1.29, 1.82) is 0 Å². The van der Waals surface area contributed by atoms with Gasteiger partial charge in [-0.05, 0) is 29.8 Å². The van der Waals surface area contributed by atoms with Crippen LogP contribution in [0.15, 0.2) is 54.0 Å². The molecule has 9 nitrogen and oxygen atoms in total. The first-order valence-corrected chi connectivity index (χ1v) is 10.2. The summed E-state index contributed by atoms with van der Waals surface area (Å²) in [4.78, 5) is 25.1. The average Bonchev–Trinajstić information content (AvgIpc) is 3.55. The summed E-state index contributed by atoms with van der Waals surface area (Å²) in [5.74, 6) is 1.06. The first-order chi connectivity index (χ1) is 15.7. The van der Waals surface area contributed by atoms with E-state index in [9.17, 15) is 4.79 Å². The summed E-state index contributed by atoms with van der Waals surface area (Å²) in [6, 6.07) is 7.90. The molecule has 2 N–H and O–H groups in total. The number of fused-ring (bicyclic) bond motifs is 2. The zero-order chi connectivity index (χ0) is 22.1. The van der Waals surface area contributed by atoms with Gasteiger partial charge >= 0.3 is 0 Å². The van der Waals surface area contributed by atoms with Gasteiger partial charge in [-0.2, -0.15) is 5.10 Å². The van der Waals surface area contributed by atoms with Crippen LogP contribution in [0.5, 0.6) is 5.75 Å². The summed E-state index contributed by atoms with van der Waals surface area (Å²) in [5.41, 5.74) is 5.00. The number of amidine groups is 1. The summed E-state index contributed by atoms with van der Waals surface area (Å²) in [6.45, 7) is 1.10. The standard InChI is InChI=1S/C23H22N6O3/c1-31-10-9-29-13-14(12-26-29)23(30)28-20-11-18-19(32-2)4-3-16(21(18)27-20)15-5-7-24-22-17(15)6-8-25-22/h3-8,12-13H,9-11H2,1-2H3,(H,24,25)(H,27,28,30). The lowest BCUT2D eigenvalue weighted by Gasteiger charge is -2.11. The first-order valence-electron chi connectivity index (χ1n) is 10.2. The number of nitrogens with zero attached hydrogens (tertiary/aromatic N) is 4. The number of aromatic nitrogens is 4. The van der Waals surface area contributed by atoms with Gasteiger partial charge in [0, 0.05) is 48.6 Å². The van der Waals surface area contributed by atoms with Gasteiger partial charge in [0.25, 0.3) is 5.91 Å². The van der Waals surface area contributed by atoms with E-state index in [4.69, 9.17) is 14.5 Å². The van der Waals surface area contributed by atoms with Gasteiger partial charge in [0.2, 0.25) is 0 Å². The van der Waals surface area contributed by atoms with Crippen molar-refractivity contribution in [3.63, 3.8) is 0 Å². The molecule has 0 saturated carbocycles. The van der Waals surface area contributed by atoms with Crippen molar-refractivity contribution in [2.24, 2.45) is 4.99 Å². The van der Waals surface area contributed by atoms with Gasteiger partial charge in [-0.25, -0.2) is 9.98 Å². The number of hydrogen-bond donors (Lipinski definition) is 2. The molecule has 0 bridgehead atoms. The molecular formula is C23H22N6O3. The Morgan fingerprint density at radius 3 is 2.97 bits per heavy atom. The topological polar surface area (TPSA) is 106 Å². The number of pyridine rings is 1. The Morgan fingerprint density at radius 2 is 2.12 bits per heavy atom. The van der Waals surface area contributed by atoms with Crippen LogP contribution in [0, 0.1) is 0 Å². The van der Waals surface area contributed by atoms with E-state index in [1.54, 1.807) is 37.5 Å². The minimum Gasteiger partial charge on any atom is -0.496 e. The van der Waals surface area contributed by atoms with Crippen molar-refractivity contribution in [2.45, 2.75) is 13.0 Å². The van der Waals surface area contributed by atoms with E-state index in [2.05, 4.69) is 20.4 Å². The minimum atomic E-state index is -0.252. The maximum atomic E-state index is 12.8. The molecule has 1 aliphatic rings. The Bertz CT molecular complexity index is 1340. The van der Waals surface area contributed by atoms with Gasteiger partial charge in [0.05, 0.1) is 37.7 Å². The van der Waals surface area contributed by atoms with Crippen LogP contribution in [0.4, 0.5) is 5.69 Å². The van der Waals surface area contributed by atoms with Gasteiger partial charge in [0.15, 0.2) is 0 Å². The Hall–Kier alpha value is -3.98. The molecule has 4 heterocycles. The molecule has 0 aliphatic carbocycles. The fraction of sp³-hybridized carbons (Fsp3) is 0.217. The maximum Gasteiger partial charge on any atom is 0.259 e. The second-order valence-electron chi connectivity index (χ2n) is 7.42. The lowest BCUT2D eigenvalue weighted by Crippen LogP contribution is -2.30. The Kier molecular flexibility index (Phi) is 5.16. The smallest absolute Gasteiger partial charge is 0.259 e. The van der Waals surface area contributed by atoms with E-state index in [1.807, 2.05) is 30.5 Å². The number of benzene rings is 1. The average molecular weight is 430 g/mol. The highest BCUT2D eigenvalue weighted by Crippen LogP contribution is 2.43. The van der Waals surface area contributed by atoms with Crippen molar-refractivity contribution >= 4 is 28.5 Å². The molecule has 5 rings (SSSR count). The predicted octanol–water partition coefficient (Wildman–Crippen LogP) is 3.10. The van der Waals surface area contributed by atoms with Gasteiger partial charge in [0.1, 0.15) is 17.2 Å². The largest absolute Gasteiger partial charge is 0.496 e. The van der Waals surface area contributed by atoms with E-state index in [-0.39, 0.29) is 5.91 Å². The lowest BCUT2D eigenvalue weighted by molar-refractivity contribution is 0.0976. The number of aromatic amines is 1. The first kappa shape index (κ1) is 20.0. The summed E-state index contributed by atoms with van der Waals surface area (Å²) in [5, 5.41) is 8.14. The fourth-order valence-electron chi connectivity index (χ4n) is 3.93. The van der Waals surface area contributed by atoms with Crippen LogP contribution in [0.2, 0.25) is 0 Å². The third-order valence-electron chi connectivity index (χ3n) is 5.48. The number of methoxy groups -OCH3 is 2. The minimum absolute atomic E-state index is 0.252. The van der Waals surface area contributed by atoms with E-state index in [0.717, 1.165) is 39.2 Å². The number of nitrogens with one attached hydrogen (secondary N) is 2. The molecule has 0 fully saturated rings. The van der Waals surface area contributed by atoms with Gasteiger partial charge in [-0.3, -0.25) is 9.48 Å². The number of rotatable bonds is 6. The molecule has 1 aromatic carbocycles. The van der Waals surface area contributed by atoms with Crippen molar-refractivity contribution in [2.75, 3.05) is 20.8 Å². The maximum absolute atomic E-state index is 12.8. The zero-order valence-electron chi connectivity index (χ0n) is 17.8. The Labute approximate surface area is 184 Å². The number of hydrogen-bond acceptors (Lipinski definition) is 6. The van der Waals surface area contributed by atoms with Crippen LogP contribution in [0.25, 0.3) is 22.2 Å². The third kappa shape index (κ3) is 3.52. The van der Waals surface area contributed by atoms with Gasteiger partial charge in [-0.1, -0.05) is 0 Å². The molecule has 1 amide bonds. The van der Waals surface area contributed by atoms with E-state index in [0.29, 0.717) is 31.0 Å². The zero-order valence-corrected chi connectivity index (χ0v) is 17.8. The molecule has 9 heteroatoms. The van der Waals surface area contributed by atoms with Crippen molar-refractivity contribution in [1.82, 2.24) is 25.1 Å². The molecule has 32 heavy (non-hydrogen) atoms. The molecule has 0 spiro atoms. The molecular weight excluding hydrogens is 408 g/mol. The monoisotopic (exact) mass is 430 g/mol. The second kappa shape index (κ2) is 8.27. The Morgan fingerprint density at radius 1 is 1.22 bits per heavy atom. The number of carbonyl (C=O) groups is 1. The molecule has 4 aromatic rings. The van der Waals surface area contributed by atoms with Crippen LogP contribution < -0.4 is 10.1 Å². The molecule has 0 atom stereocenters. The van der Waals surface area contributed by atoms with E-state index in [1.165, 1.54) is 0 Å². The summed E-state index contributed by atoms with van der Waals surface area (Å²) < 4.78 is 12.3. The highest BCUT2D eigenvalue weighted by atomic mass is 16.5.